The first kappa shape index (κ1) is 16.2. The Morgan fingerprint density at radius 2 is 1.80 bits per heavy atom. The van der Waals surface area contributed by atoms with E-state index in [1.54, 1.807) is 19.2 Å². The molecule has 0 radical (unpaired) electrons. The number of nitrogens with one attached hydrogen (secondary N) is 1. The van der Waals surface area contributed by atoms with E-state index < -0.39 is 6.04 Å². The van der Waals surface area contributed by atoms with Gasteiger partial charge in [-0.1, -0.05) is 39.0 Å². The molecular weight excluding hydrogens is 254 g/mol. The van der Waals surface area contributed by atoms with Crippen LogP contribution in [0.4, 0.5) is 5.69 Å². The number of likely N-dealkylation sites (N-methyl/N-ethyl adjacent to an activating group) is 1. The van der Waals surface area contributed by atoms with E-state index in [0.717, 1.165) is 0 Å². The first-order chi connectivity index (χ1) is 9.21. The zero-order chi connectivity index (χ0) is 15.3. The van der Waals surface area contributed by atoms with Crippen molar-refractivity contribution in [3.8, 4) is 0 Å². The smallest absolute Gasteiger partial charge is 0.243 e. The number of para-hydroxylation sites is 1. The van der Waals surface area contributed by atoms with Crippen molar-refractivity contribution in [1.29, 1.82) is 0 Å². The fourth-order valence-corrected chi connectivity index (χ4v) is 1.62. The van der Waals surface area contributed by atoms with Crippen molar-refractivity contribution < 1.29 is 9.59 Å². The SMILES string of the molecule is CN(CC(=O)Nc1ccccc1)C(=O)[C@@H](N)C(C)(C)C. The number of benzene rings is 1. The molecule has 0 saturated carbocycles. The Balaban J connectivity index is 2.56. The normalized spacial score (nSPS) is 12.7. The third kappa shape index (κ3) is 4.66. The van der Waals surface area contributed by atoms with E-state index in [4.69, 9.17) is 5.73 Å². The number of hydrogen-bond donors (Lipinski definition) is 2. The first-order valence-corrected chi connectivity index (χ1v) is 6.57. The molecule has 5 heteroatoms. The summed E-state index contributed by atoms with van der Waals surface area (Å²) in [5, 5.41) is 2.73. The molecule has 110 valence electrons. The maximum Gasteiger partial charge on any atom is 0.243 e. The Morgan fingerprint density at radius 1 is 1.25 bits per heavy atom. The van der Waals surface area contributed by atoms with Crippen molar-refractivity contribution in [2.75, 3.05) is 18.9 Å². The number of hydrogen-bond acceptors (Lipinski definition) is 3. The molecule has 0 aliphatic rings. The lowest BCUT2D eigenvalue weighted by molar-refractivity contribution is -0.136. The zero-order valence-electron chi connectivity index (χ0n) is 12.5. The summed E-state index contributed by atoms with van der Waals surface area (Å²) < 4.78 is 0. The third-order valence-corrected chi connectivity index (χ3v) is 3.01. The molecule has 20 heavy (non-hydrogen) atoms. The number of rotatable bonds is 4. The summed E-state index contributed by atoms with van der Waals surface area (Å²) in [6.45, 7) is 5.67. The number of nitrogens with two attached hydrogens (primary N) is 1. The Morgan fingerprint density at radius 3 is 2.30 bits per heavy atom. The van der Waals surface area contributed by atoms with Crippen LogP contribution in [0.3, 0.4) is 0 Å². The summed E-state index contributed by atoms with van der Waals surface area (Å²) in [6.07, 6.45) is 0. The summed E-state index contributed by atoms with van der Waals surface area (Å²) >= 11 is 0. The molecule has 0 saturated heterocycles. The first-order valence-electron chi connectivity index (χ1n) is 6.57. The minimum absolute atomic E-state index is 0.0164. The number of nitrogens with zero attached hydrogens (tertiary/aromatic N) is 1. The minimum atomic E-state index is -0.628. The average Bonchev–Trinajstić information content (AvgIpc) is 2.36. The van der Waals surface area contributed by atoms with Crippen LogP contribution in [0.25, 0.3) is 0 Å². The van der Waals surface area contributed by atoms with E-state index in [9.17, 15) is 9.59 Å². The summed E-state index contributed by atoms with van der Waals surface area (Å²) in [5.74, 6) is -0.478. The maximum absolute atomic E-state index is 12.1. The Bertz CT molecular complexity index is 466. The molecule has 0 aromatic heterocycles. The summed E-state index contributed by atoms with van der Waals surface area (Å²) in [7, 11) is 1.58. The van der Waals surface area contributed by atoms with Gasteiger partial charge in [-0.15, -0.1) is 0 Å². The second-order valence-electron chi connectivity index (χ2n) is 5.95. The van der Waals surface area contributed by atoms with Crippen LogP contribution in [0.2, 0.25) is 0 Å². The van der Waals surface area contributed by atoms with Crippen LogP contribution in [0.1, 0.15) is 20.8 Å². The summed E-state index contributed by atoms with van der Waals surface area (Å²) in [6, 6.07) is 8.49. The van der Waals surface area contributed by atoms with Crippen molar-refractivity contribution in [3.63, 3.8) is 0 Å². The van der Waals surface area contributed by atoms with Crippen molar-refractivity contribution in [1.82, 2.24) is 4.90 Å². The van der Waals surface area contributed by atoms with Crippen LogP contribution in [0.15, 0.2) is 30.3 Å². The lowest BCUT2D eigenvalue weighted by atomic mass is 9.86. The number of amides is 2. The second-order valence-corrected chi connectivity index (χ2v) is 5.95. The minimum Gasteiger partial charge on any atom is -0.335 e. The Hall–Kier alpha value is -1.88. The largest absolute Gasteiger partial charge is 0.335 e. The molecule has 1 rings (SSSR count). The number of carbonyl (C=O) groups is 2. The molecule has 0 fully saturated rings. The molecule has 0 aliphatic heterocycles. The second kappa shape index (κ2) is 6.52. The number of anilines is 1. The molecule has 0 aliphatic carbocycles. The highest BCUT2D eigenvalue weighted by Crippen LogP contribution is 2.18. The third-order valence-electron chi connectivity index (χ3n) is 3.01. The highest BCUT2D eigenvalue weighted by atomic mass is 16.2. The molecule has 0 spiro atoms. The van der Waals surface area contributed by atoms with Gasteiger partial charge < -0.3 is 16.0 Å². The van der Waals surface area contributed by atoms with Crippen LogP contribution in [-0.2, 0) is 9.59 Å². The fourth-order valence-electron chi connectivity index (χ4n) is 1.62. The standard InChI is InChI=1S/C15H23N3O2/c1-15(2,3)13(16)14(20)18(4)10-12(19)17-11-8-6-5-7-9-11/h5-9,13H,10,16H2,1-4H3,(H,17,19)/t13-/m1/s1. The van der Waals surface area contributed by atoms with E-state index in [0.29, 0.717) is 5.69 Å². The molecule has 1 atom stereocenters. The zero-order valence-corrected chi connectivity index (χ0v) is 12.5. The molecule has 0 bridgehead atoms. The van der Waals surface area contributed by atoms with Gasteiger partial charge in [0.1, 0.15) is 0 Å². The van der Waals surface area contributed by atoms with E-state index >= 15 is 0 Å². The van der Waals surface area contributed by atoms with Crippen molar-refractivity contribution in [2.45, 2.75) is 26.8 Å². The van der Waals surface area contributed by atoms with E-state index in [1.165, 1.54) is 4.90 Å². The van der Waals surface area contributed by atoms with Gasteiger partial charge in [0.05, 0.1) is 12.6 Å². The molecule has 2 amide bonds. The molecule has 0 unspecified atom stereocenters. The van der Waals surface area contributed by atoms with Crippen LogP contribution < -0.4 is 11.1 Å². The Kier molecular flexibility index (Phi) is 5.27. The van der Waals surface area contributed by atoms with Gasteiger partial charge in [-0.05, 0) is 17.5 Å². The van der Waals surface area contributed by atoms with Gasteiger partial charge >= 0.3 is 0 Å². The van der Waals surface area contributed by atoms with Gasteiger partial charge in [-0.25, -0.2) is 0 Å². The predicted octanol–water partition coefficient (Wildman–Crippen LogP) is 1.46. The molecule has 5 nitrogen and oxygen atoms in total. The molecule has 0 heterocycles. The molecular formula is C15H23N3O2. The quantitative estimate of drug-likeness (QED) is 0.874. The highest BCUT2D eigenvalue weighted by Gasteiger charge is 2.30. The lowest BCUT2D eigenvalue weighted by Gasteiger charge is -2.29. The van der Waals surface area contributed by atoms with Crippen LogP contribution >= 0.6 is 0 Å². The van der Waals surface area contributed by atoms with E-state index in [-0.39, 0.29) is 23.8 Å². The Labute approximate surface area is 120 Å². The van der Waals surface area contributed by atoms with E-state index in [1.807, 2.05) is 39.0 Å². The summed E-state index contributed by atoms with van der Waals surface area (Å²) in [5.41, 5.74) is 6.28. The van der Waals surface area contributed by atoms with Gasteiger partial charge in [-0.3, -0.25) is 9.59 Å². The monoisotopic (exact) mass is 277 g/mol. The van der Waals surface area contributed by atoms with Crippen LogP contribution in [-0.4, -0.2) is 36.3 Å². The number of carbonyl (C=O) groups excluding carboxylic acids is 2. The lowest BCUT2D eigenvalue weighted by Crippen LogP contribution is -2.50. The maximum atomic E-state index is 12.1. The molecule has 1 aromatic carbocycles. The van der Waals surface area contributed by atoms with Gasteiger partial charge in [-0.2, -0.15) is 0 Å². The summed E-state index contributed by atoms with van der Waals surface area (Å²) in [4.78, 5) is 25.3. The van der Waals surface area contributed by atoms with Gasteiger partial charge in [0.25, 0.3) is 0 Å². The van der Waals surface area contributed by atoms with Gasteiger partial charge in [0.2, 0.25) is 11.8 Å². The van der Waals surface area contributed by atoms with E-state index in [2.05, 4.69) is 5.32 Å². The fraction of sp³-hybridized carbons (Fsp3) is 0.467. The van der Waals surface area contributed by atoms with Crippen LogP contribution in [0.5, 0.6) is 0 Å². The average molecular weight is 277 g/mol. The van der Waals surface area contributed by atoms with Gasteiger partial charge in [0.15, 0.2) is 0 Å². The molecule has 1 aromatic rings. The highest BCUT2D eigenvalue weighted by molar-refractivity contribution is 5.95. The predicted molar refractivity (Wildman–Crippen MR) is 80.1 cm³/mol. The van der Waals surface area contributed by atoms with Crippen molar-refractivity contribution in [2.24, 2.45) is 11.1 Å². The van der Waals surface area contributed by atoms with Gasteiger partial charge in [0, 0.05) is 12.7 Å². The topological polar surface area (TPSA) is 75.4 Å². The van der Waals surface area contributed by atoms with Crippen LogP contribution in [0, 0.1) is 5.41 Å². The van der Waals surface area contributed by atoms with Crippen molar-refractivity contribution in [3.05, 3.63) is 30.3 Å². The van der Waals surface area contributed by atoms with Crippen molar-refractivity contribution >= 4 is 17.5 Å². The molecule has 3 N–H and O–H groups in total.